The van der Waals surface area contributed by atoms with E-state index in [2.05, 4.69) is 4.74 Å². The fraction of sp³-hybridized carbons (Fsp3) is 0.0714. The van der Waals surface area contributed by atoms with Crippen LogP contribution in [0.4, 0.5) is 8.78 Å². The Morgan fingerprint density at radius 1 is 1.06 bits per heavy atom. The number of benzene rings is 2. The molecule has 0 fully saturated rings. The summed E-state index contributed by atoms with van der Waals surface area (Å²) in [4.78, 5) is 11.2. The maximum Gasteiger partial charge on any atom is 0.337 e. The van der Waals surface area contributed by atoms with Gasteiger partial charge in [-0.3, -0.25) is 0 Å². The van der Waals surface area contributed by atoms with Crippen molar-refractivity contribution in [2.45, 2.75) is 0 Å². The molecule has 0 bridgehead atoms. The van der Waals surface area contributed by atoms with E-state index >= 15 is 0 Å². The normalized spacial score (nSPS) is 10.2. The summed E-state index contributed by atoms with van der Waals surface area (Å²) < 4.78 is 30.9. The number of ether oxygens (including phenoxy) is 1. The molecule has 0 atom stereocenters. The van der Waals surface area contributed by atoms with Crippen LogP contribution in [0.2, 0.25) is 0 Å². The Balaban J connectivity index is 2.37. The number of hydrogen-bond acceptors (Lipinski definition) is 2. The van der Waals surface area contributed by atoms with Crippen LogP contribution in [0, 0.1) is 11.6 Å². The lowest BCUT2D eigenvalue weighted by atomic mass is 10.0. The monoisotopic (exact) mass is 248 g/mol. The lowest BCUT2D eigenvalue weighted by molar-refractivity contribution is 0.0601. The standard InChI is InChI=1S/C14H10F2O2/c1-18-14(17)10-4-2-9(3-5-10)12-7-6-11(15)8-13(12)16/h2-8H,1H3. The highest BCUT2D eigenvalue weighted by Crippen LogP contribution is 2.23. The molecule has 0 unspecified atom stereocenters. The van der Waals surface area contributed by atoms with Crippen LogP contribution in [0.5, 0.6) is 0 Å². The van der Waals surface area contributed by atoms with E-state index in [9.17, 15) is 13.6 Å². The summed E-state index contributed by atoms with van der Waals surface area (Å²) >= 11 is 0. The molecule has 0 heterocycles. The van der Waals surface area contributed by atoms with Crippen molar-refractivity contribution in [1.29, 1.82) is 0 Å². The first-order valence-corrected chi connectivity index (χ1v) is 5.25. The number of esters is 1. The number of carbonyl (C=O) groups is 1. The van der Waals surface area contributed by atoms with Gasteiger partial charge in [0.1, 0.15) is 11.6 Å². The molecule has 2 rings (SSSR count). The van der Waals surface area contributed by atoms with E-state index in [-0.39, 0.29) is 5.56 Å². The number of hydrogen-bond donors (Lipinski definition) is 0. The van der Waals surface area contributed by atoms with Crippen molar-refractivity contribution >= 4 is 5.97 Å². The Morgan fingerprint density at radius 3 is 2.28 bits per heavy atom. The molecule has 0 radical (unpaired) electrons. The van der Waals surface area contributed by atoms with Gasteiger partial charge in [0.15, 0.2) is 0 Å². The predicted octanol–water partition coefficient (Wildman–Crippen LogP) is 3.42. The first-order chi connectivity index (χ1) is 8.61. The van der Waals surface area contributed by atoms with Gasteiger partial charge in [0, 0.05) is 11.6 Å². The Kier molecular flexibility index (Phi) is 3.37. The van der Waals surface area contributed by atoms with Crippen molar-refractivity contribution in [3.05, 3.63) is 59.7 Å². The summed E-state index contributed by atoms with van der Waals surface area (Å²) in [6.07, 6.45) is 0. The lowest BCUT2D eigenvalue weighted by Crippen LogP contribution is -2.00. The highest BCUT2D eigenvalue weighted by molar-refractivity contribution is 5.89. The smallest absolute Gasteiger partial charge is 0.337 e. The number of carbonyl (C=O) groups excluding carboxylic acids is 1. The fourth-order valence-corrected chi connectivity index (χ4v) is 1.63. The van der Waals surface area contributed by atoms with E-state index in [4.69, 9.17) is 0 Å². The van der Waals surface area contributed by atoms with Gasteiger partial charge in [-0.25, -0.2) is 13.6 Å². The fourth-order valence-electron chi connectivity index (χ4n) is 1.63. The van der Waals surface area contributed by atoms with Gasteiger partial charge < -0.3 is 4.74 Å². The quantitative estimate of drug-likeness (QED) is 0.761. The molecule has 2 aromatic rings. The molecule has 0 aliphatic carbocycles. The van der Waals surface area contributed by atoms with Crippen molar-refractivity contribution in [3.63, 3.8) is 0 Å². The van der Waals surface area contributed by atoms with Crippen molar-refractivity contribution < 1.29 is 18.3 Å². The van der Waals surface area contributed by atoms with E-state index < -0.39 is 17.6 Å². The first-order valence-electron chi connectivity index (χ1n) is 5.25. The van der Waals surface area contributed by atoms with Gasteiger partial charge in [0.25, 0.3) is 0 Å². The Hall–Kier alpha value is -2.23. The van der Waals surface area contributed by atoms with Crippen LogP contribution >= 0.6 is 0 Å². The highest BCUT2D eigenvalue weighted by atomic mass is 19.1. The van der Waals surface area contributed by atoms with E-state index in [1.165, 1.54) is 31.4 Å². The number of halogens is 2. The summed E-state index contributed by atoms with van der Waals surface area (Å²) in [5.74, 6) is -1.72. The van der Waals surface area contributed by atoms with Gasteiger partial charge in [-0.15, -0.1) is 0 Å². The van der Waals surface area contributed by atoms with E-state index in [0.29, 0.717) is 11.1 Å². The second-order valence-corrected chi connectivity index (χ2v) is 3.69. The van der Waals surface area contributed by atoms with Crippen molar-refractivity contribution in [1.82, 2.24) is 0 Å². The predicted molar refractivity (Wildman–Crippen MR) is 63.1 cm³/mol. The van der Waals surface area contributed by atoms with Crippen molar-refractivity contribution in [2.24, 2.45) is 0 Å². The molecule has 4 heteroatoms. The molecule has 0 aromatic heterocycles. The van der Waals surface area contributed by atoms with Crippen LogP contribution in [-0.2, 0) is 4.74 Å². The summed E-state index contributed by atoms with van der Waals surface area (Å²) in [5.41, 5.74) is 1.23. The average Bonchev–Trinajstić information content (AvgIpc) is 2.38. The minimum absolute atomic E-state index is 0.285. The molecule has 92 valence electrons. The number of rotatable bonds is 2. The Labute approximate surface area is 103 Å². The van der Waals surface area contributed by atoms with Crippen LogP contribution < -0.4 is 0 Å². The third kappa shape index (κ3) is 2.37. The maximum absolute atomic E-state index is 13.5. The highest BCUT2D eigenvalue weighted by Gasteiger charge is 2.08. The minimum atomic E-state index is -0.638. The molecule has 0 spiro atoms. The molecule has 0 N–H and O–H groups in total. The topological polar surface area (TPSA) is 26.3 Å². The van der Waals surface area contributed by atoms with E-state index in [1.807, 2.05) is 0 Å². The van der Waals surface area contributed by atoms with Crippen LogP contribution in [0.15, 0.2) is 42.5 Å². The maximum atomic E-state index is 13.5. The van der Waals surface area contributed by atoms with Gasteiger partial charge >= 0.3 is 5.97 Å². The van der Waals surface area contributed by atoms with Crippen LogP contribution in [-0.4, -0.2) is 13.1 Å². The van der Waals surface area contributed by atoms with E-state index in [0.717, 1.165) is 6.07 Å². The van der Waals surface area contributed by atoms with E-state index in [1.54, 1.807) is 12.1 Å². The Morgan fingerprint density at radius 2 is 1.72 bits per heavy atom. The van der Waals surface area contributed by atoms with Gasteiger partial charge in [-0.05, 0) is 29.8 Å². The molecule has 0 saturated carbocycles. The second-order valence-electron chi connectivity index (χ2n) is 3.69. The molecule has 18 heavy (non-hydrogen) atoms. The second kappa shape index (κ2) is 4.96. The van der Waals surface area contributed by atoms with Crippen LogP contribution in [0.25, 0.3) is 11.1 Å². The lowest BCUT2D eigenvalue weighted by Gasteiger charge is -2.05. The summed E-state index contributed by atoms with van der Waals surface area (Å²) in [5, 5.41) is 0. The van der Waals surface area contributed by atoms with Gasteiger partial charge in [0.05, 0.1) is 12.7 Å². The zero-order valence-corrected chi connectivity index (χ0v) is 9.61. The largest absolute Gasteiger partial charge is 0.465 e. The van der Waals surface area contributed by atoms with Crippen molar-refractivity contribution in [2.75, 3.05) is 7.11 Å². The summed E-state index contributed by atoms with van der Waals surface area (Å²) in [7, 11) is 1.29. The summed E-state index contributed by atoms with van der Waals surface area (Å²) in [6.45, 7) is 0. The molecule has 0 amide bonds. The molecule has 0 aliphatic rings. The molecular formula is C14H10F2O2. The molecular weight excluding hydrogens is 238 g/mol. The third-order valence-corrected chi connectivity index (χ3v) is 2.55. The van der Waals surface area contributed by atoms with Gasteiger partial charge in [-0.1, -0.05) is 12.1 Å². The molecule has 0 saturated heterocycles. The first kappa shape index (κ1) is 12.2. The minimum Gasteiger partial charge on any atom is -0.465 e. The van der Waals surface area contributed by atoms with Gasteiger partial charge in [0.2, 0.25) is 0 Å². The van der Waals surface area contributed by atoms with Crippen LogP contribution in [0.1, 0.15) is 10.4 Å². The number of methoxy groups -OCH3 is 1. The SMILES string of the molecule is COC(=O)c1ccc(-c2ccc(F)cc2F)cc1. The zero-order valence-electron chi connectivity index (χ0n) is 9.61. The van der Waals surface area contributed by atoms with Crippen LogP contribution in [0.3, 0.4) is 0 Å². The zero-order chi connectivity index (χ0) is 13.1. The Bertz CT molecular complexity index is 577. The molecule has 2 nitrogen and oxygen atoms in total. The average molecular weight is 248 g/mol. The van der Waals surface area contributed by atoms with Crippen molar-refractivity contribution in [3.8, 4) is 11.1 Å². The third-order valence-electron chi connectivity index (χ3n) is 2.55. The summed E-state index contributed by atoms with van der Waals surface area (Å²) in [6, 6.07) is 9.60. The van der Waals surface area contributed by atoms with Gasteiger partial charge in [-0.2, -0.15) is 0 Å². The molecule has 2 aromatic carbocycles. The molecule has 0 aliphatic heterocycles.